The highest BCUT2D eigenvalue weighted by atomic mass is 19.1. The number of nitrogens with zero attached hydrogens (tertiary/aromatic N) is 5. The van der Waals surface area contributed by atoms with Crippen molar-refractivity contribution in [3.63, 3.8) is 0 Å². The topological polar surface area (TPSA) is 77.6 Å². The second-order valence-electron chi connectivity index (χ2n) is 7.57. The molecule has 0 radical (unpaired) electrons. The second kappa shape index (κ2) is 8.14. The fraction of sp³-hybridized carbons (Fsp3) is 0.217. The fourth-order valence-corrected chi connectivity index (χ4v) is 3.56. The van der Waals surface area contributed by atoms with Crippen LogP contribution in [0.1, 0.15) is 44.7 Å². The molecule has 2 aromatic heterocycles. The van der Waals surface area contributed by atoms with Crippen LogP contribution < -0.4 is 5.32 Å². The Morgan fingerprint density at radius 1 is 1.10 bits per heavy atom. The maximum atomic E-state index is 13.9. The predicted molar refractivity (Wildman–Crippen MR) is 114 cm³/mol. The van der Waals surface area contributed by atoms with Gasteiger partial charge in [-0.05, 0) is 50.1 Å². The number of carbonyl (C=O) groups is 1. The number of carbonyl (C=O) groups excluding carboxylic acids is 1. The molecule has 0 bridgehead atoms. The minimum Gasteiger partial charge on any atom is -0.337 e. The molecule has 2 heterocycles. The molecule has 0 saturated heterocycles. The molecule has 4 rings (SSSR count). The van der Waals surface area contributed by atoms with Crippen molar-refractivity contribution >= 4 is 5.91 Å². The number of hydrogen-bond donors (Lipinski definition) is 1. The monoisotopic (exact) mass is 418 g/mol. The summed E-state index contributed by atoms with van der Waals surface area (Å²) in [4.78, 5) is 19.0. The summed E-state index contributed by atoms with van der Waals surface area (Å²) in [6, 6.07) is 11.4. The van der Waals surface area contributed by atoms with E-state index in [2.05, 4.69) is 20.5 Å². The molecule has 1 N–H and O–H groups in total. The Balaban J connectivity index is 1.68. The SMILES string of the molecule is Cc1ccc(-n2nc(C)c(C(=O)NC(c3cccc(F)c3)c3nccn3C)n2)c(C)c1. The van der Waals surface area contributed by atoms with Gasteiger partial charge in [-0.2, -0.15) is 9.90 Å². The number of aromatic nitrogens is 5. The van der Waals surface area contributed by atoms with Gasteiger partial charge in [-0.1, -0.05) is 29.8 Å². The summed E-state index contributed by atoms with van der Waals surface area (Å²) in [7, 11) is 1.82. The van der Waals surface area contributed by atoms with Gasteiger partial charge in [0.1, 0.15) is 17.7 Å². The van der Waals surface area contributed by atoms with Crippen molar-refractivity contribution in [1.82, 2.24) is 29.9 Å². The Hall–Kier alpha value is -3.81. The van der Waals surface area contributed by atoms with Crippen molar-refractivity contribution in [2.24, 2.45) is 7.05 Å². The van der Waals surface area contributed by atoms with Gasteiger partial charge in [0.2, 0.25) is 0 Å². The standard InChI is InChI=1S/C23H23FN6O/c1-14-8-9-19(15(2)12-14)30-27-16(3)20(28-30)23(31)26-21(22-25-10-11-29(22)4)17-6-5-7-18(24)13-17/h5-13,21H,1-4H3,(H,26,31). The Labute approximate surface area is 179 Å². The van der Waals surface area contributed by atoms with E-state index >= 15 is 0 Å². The first kappa shape index (κ1) is 20.5. The van der Waals surface area contributed by atoms with Crippen LogP contribution in [-0.2, 0) is 7.05 Å². The van der Waals surface area contributed by atoms with Crippen LogP contribution in [-0.4, -0.2) is 30.5 Å². The van der Waals surface area contributed by atoms with Gasteiger partial charge in [0.15, 0.2) is 5.69 Å². The van der Waals surface area contributed by atoms with E-state index in [1.807, 2.05) is 39.1 Å². The van der Waals surface area contributed by atoms with Crippen molar-refractivity contribution in [1.29, 1.82) is 0 Å². The molecule has 7 nitrogen and oxygen atoms in total. The van der Waals surface area contributed by atoms with Crippen LogP contribution in [0, 0.1) is 26.6 Å². The van der Waals surface area contributed by atoms with E-state index in [1.165, 1.54) is 16.9 Å². The Bertz CT molecular complexity index is 1260. The fourth-order valence-electron chi connectivity index (χ4n) is 3.56. The normalized spacial score (nSPS) is 12.0. The predicted octanol–water partition coefficient (Wildman–Crippen LogP) is 3.58. The zero-order chi connectivity index (χ0) is 22.1. The van der Waals surface area contributed by atoms with Crippen molar-refractivity contribution in [3.05, 3.63) is 94.6 Å². The molecule has 158 valence electrons. The minimum absolute atomic E-state index is 0.204. The average molecular weight is 418 g/mol. The van der Waals surface area contributed by atoms with Gasteiger partial charge >= 0.3 is 0 Å². The first-order valence-corrected chi connectivity index (χ1v) is 9.88. The smallest absolute Gasteiger partial charge is 0.274 e. The molecular weight excluding hydrogens is 395 g/mol. The van der Waals surface area contributed by atoms with Crippen molar-refractivity contribution < 1.29 is 9.18 Å². The molecule has 0 aliphatic carbocycles. The number of benzene rings is 2. The molecule has 31 heavy (non-hydrogen) atoms. The number of rotatable bonds is 5. The van der Waals surface area contributed by atoms with Gasteiger partial charge < -0.3 is 9.88 Å². The lowest BCUT2D eigenvalue weighted by atomic mass is 10.1. The van der Waals surface area contributed by atoms with E-state index in [-0.39, 0.29) is 11.5 Å². The minimum atomic E-state index is -0.645. The molecule has 0 spiro atoms. The Morgan fingerprint density at radius 2 is 1.90 bits per heavy atom. The molecule has 0 aliphatic heterocycles. The van der Waals surface area contributed by atoms with Crippen LogP contribution >= 0.6 is 0 Å². The maximum absolute atomic E-state index is 13.9. The lowest BCUT2D eigenvalue weighted by Gasteiger charge is -2.18. The molecule has 4 aromatic rings. The first-order valence-electron chi connectivity index (χ1n) is 9.88. The van der Waals surface area contributed by atoms with Gasteiger partial charge in [-0.25, -0.2) is 9.37 Å². The van der Waals surface area contributed by atoms with Crippen LogP contribution in [0.25, 0.3) is 5.69 Å². The summed E-state index contributed by atoms with van der Waals surface area (Å²) in [5, 5.41) is 11.8. The van der Waals surface area contributed by atoms with E-state index in [1.54, 1.807) is 36.0 Å². The van der Waals surface area contributed by atoms with Crippen molar-refractivity contribution in [2.75, 3.05) is 0 Å². The largest absolute Gasteiger partial charge is 0.337 e. The maximum Gasteiger partial charge on any atom is 0.274 e. The number of hydrogen-bond acceptors (Lipinski definition) is 4. The van der Waals surface area contributed by atoms with Crippen LogP contribution in [0.4, 0.5) is 4.39 Å². The third kappa shape index (κ3) is 4.09. The molecule has 1 unspecified atom stereocenters. The molecule has 1 amide bonds. The summed E-state index contributed by atoms with van der Waals surface area (Å²) >= 11 is 0. The van der Waals surface area contributed by atoms with E-state index in [0.29, 0.717) is 17.1 Å². The molecule has 0 fully saturated rings. The zero-order valence-corrected chi connectivity index (χ0v) is 17.8. The van der Waals surface area contributed by atoms with E-state index in [9.17, 15) is 9.18 Å². The van der Waals surface area contributed by atoms with Crippen LogP contribution in [0.2, 0.25) is 0 Å². The summed E-state index contributed by atoms with van der Waals surface area (Å²) in [5.74, 6) is -0.216. The second-order valence-corrected chi connectivity index (χ2v) is 7.57. The Morgan fingerprint density at radius 3 is 2.58 bits per heavy atom. The summed E-state index contributed by atoms with van der Waals surface area (Å²) in [6.45, 7) is 5.73. The highest BCUT2D eigenvalue weighted by Gasteiger charge is 2.25. The first-order chi connectivity index (χ1) is 14.8. The van der Waals surface area contributed by atoms with Crippen molar-refractivity contribution in [3.8, 4) is 5.69 Å². The summed E-state index contributed by atoms with van der Waals surface area (Å²) in [6.07, 6.45) is 3.41. The van der Waals surface area contributed by atoms with Gasteiger partial charge in [0, 0.05) is 19.4 Å². The molecule has 2 aromatic carbocycles. The zero-order valence-electron chi connectivity index (χ0n) is 17.8. The number of halogens is 1. The van der Waals surface area contributed by atoms with E-state index < -0.39 is 11.9 Å². The summed E-state index contributed by atoms with van der Waals surface area (Å²) < 4.78 is 15.7. The number of aryl methyl sites for hydroxylation is 4. The van der Waals surface area contributed by atoms with Gasteiger partial charge in [-0.3, -0.25) is 4.79 Å². The lowest BCUT2D eigenvalue weighted by Crippen LogP contribution is -2.32. The van der Waals surface area contributed by atoms with Crippen LogP contribution in [0.15, 0.2) is 54.9 Å². The van der Waals surface area contributed by atoms with Gasteiger partial charge in [-0.15, -0.1) is 5.10 Å². The average Bonchev–Trinajstić information content (AvgIpc) is 3.31. The van der Waals surface area contributed by atoms with Gasteiger partial charge in [0.25, 0.3) is 5.91 Å². The number of amides is 1. The van der Waals surface area contributed by atoms with Crippen LogP contribution in [0.5, 0.6) is 0 Å². The van der Waals surface area contributed by atoms with Crippen LogP contribution in [0.3, 0.4) is 0 Å². The molecule has 0 saturated carbocycles. The van der Waals surface area contributed by atoms with Crippen molar-refractivity contribution in [2.45, 2.75) is 26.8 Å². The third-order valence-corrected chi connectivity index (χ3v) is 5.14. The Kier molecular flexibility index (Phi) is 5.37. The summed E-state index contributed by atoms with van der Waals surface area (Å²) in [5.41, 5.74) is 4.23. The molecule has 0 aliphatic rings. The highest BCUT2D eigenvalue weighted by Crippen LogP contribution is 2.22. The van der Waals surface area contributed by atoms with E-state index in [4.69, 9.17) is 0 Å². The molecule has 1 atom stereocenters. The third-order valence-electron chi connectivity index (χ3n) is 5.14. The molecule has 8 heteroatoms. The number of imidazole rings is 1. The number of nitrogens with one attached hydrogen (secondary N) is 1. The molecular formula is C23H23FN6O. The quantitative estimate of drug-likeness (QED) is 0.537. The lowest BCUT2D eigenvalue weighted by molar-refractivity contribution is 0.0935. The van der Waals surface area contributed by atoms with Gasteiger partial charge in [0.05, 0.1) is 11.4 Å². The highest BCUT2D eigenvalue weighted by molar-refractivity contribution is 5.93. The van der Waals surface area contributed by atoms with E-state index in [0.717, 1.165) is 16.8 Å².